The number of carbonyl (C=O) groups excluding carboxylic acids is 3. The van der Waals surface area contributed by atoms with Gasteiger partial charge in [0.25, 0.3) is 5.91 Å². The van der Waals surface area contributed by atoms with Crippen LogP contribution in [0.5, 0.6) is 0 Å². The largest absolute Gasteiger partial charge is 0.316 e. The van der Waals surface area contributed by atoms with Gasteiger partial charge in [0, 0.05) is 0 Å². The van der Waals surface area contributed by atoms with E-state index >= 15 is 0 Å². The molecule has 1 atom stereocenters. The third kappa shape index (κ3) is 2.57. The minimum Gasteiger partial charge on any atom is -0.316 e. The lowest BCUT2D eigenvalue weighted by Crippen LogP contribution is -2.59. The fourth-order valence-electron chi connectivity index (χ4n) is 1.95. The summed E-state index contributed by atoms with van der Waals surface area (Å²) in [5.41, 5.74) is 2.34. The third-order valence-electron chi connectivity index (χ3n) is 2.92. The maximum Gasteiger partial charge on any atom is 0.275 e. The van der Waals surface area contributed by atoms with Crippen molar-refractivity contribution < 1.29 is 14.4 Å². The fourth-order valence-corrected chi connectivity index (χ4v) is 1.95. The van der Waals surface area contributed by atoms with Gasteiger partial charge >= 0.3 is 0 Å². The van der Waals surface area contributed by atoms with Crippen molar-refractivity contribution >= 4 is 23.5 Å². The second-order valence-corrected chi connectivity index (χ2v) is 4.20. The summed E-state index contributed by atoms with van der Waals surface area (Å²) in [6.07, 6.45) is 2.93. The van der Waals surface area contributed by atoms with Crippen LogP contribution < -0.4 is 16.6 Å². The van der Waals surface area contributed by atoms with Crippen LogP contribution in [0.3, 0.4) is 0 Å². The molecule has 106 valence electrons. The van der Waals surface area contributed by atoms with E-state index in [-0.39, 0.29) is 12.2 Å². The van der Waals surface area contributed by atoms with Crippen LogP contribution in [0.4, 0.5) is 5.82 Å². The van der Waals surface area contributed by atoms with Crippen molar-refractivity contribution in [1.29, 1.82) is 0 Å². The summed E-state index contributed by atoms with van der Waals surface area (Å²) in [5.74, 6) is 3.95. The molecule has 0 spiro atoms. The third-order valence-corrected chi connectivity index (χ3v) is 2.92. The number of rotatable bonds is 3. The number of imide groups is 1. The summed E-state index contributed by atoms with van der Waals surface area (Å²) >= 11 is 0. The van der Waals surface area contributed by atoms with Crippen molar-refractivity contribution in [3.63, 3.8) is 0 Å². The smallest absolute Gasteiger partial charge is 0.275 e. The van der Waals surface area contributed by atoms with Gasteiger partial charge in [-0.15, -0.1) is 0 Å². The van der Waals surface area contributed by atoms with E-state index in [4.69, 9.17) is 5.84 Å². The Bertz CT molecular complexity index is 544. The topological polar surface area (TPSA) is 130 Å². The summed E-state index contributed by atoms with van der Waals surface area (Å²) in [4.78, 5) is 44.4. The summed E-state index contributed by atoms with van der Waals surface area (Å²) in [6.45, 7) is 1.58. The number of aromatic nitrogens is 2. The number of hydrazine groups is 1. The molecule has 0 bridgehead atoms. The minimum atomic E-state index is -0.686. The van der Waals surface area contributed by atoms with Crippen LogP contribution in [-0.4, -0.2) is 45.2 Å². The van der Waals surface area contributed by atoms with Crippen LogP contribution in [0.1, 0.15) is 23.8 Å². The molecule has 1 saturated heterocycles. The Labute approximate surface area is 114 Å². The molecule has 0 aliphatic carbocycles. The first-order valence-electron chi connectivity index (χ1n) is 6.00. The molecule has 2 rings (SSSR count). The highest BCUT2D eigenvalue weighted by atomic mass is 16.2. The number of nitrogens with one attached hydrogen (secondary N) is 2. The number of nitrogens with two attached hydrogens (primary N) is 1. The fraction of sp³-hybridized carbons (Fsp3) is 0.364. The molecule has 1 aliphatic rings. The molecule has 0 saturated carbocycles. The highest BCUT2D eigenvalue weighted by Crippen LogP contribution is 2.13. The zero-order chi connectivity index (χ0) is 14.7. The molecule has 1 aromatic heterocycles. The van der Waals surface area contributed by atoms with Gasteiger partial charge in [0.2, 0.25) is 11.8 Å². The normalized spacial score (nSPS) is 18.7. The van der Waals surface area contributed by atoms with Gasteiger partial charge in [-0.2, -0.15) is 0 Å². The first-order valence-corrected chi connectivity index (χ1v) is 6.00. The Hall–Kier alpha value is -2.55. The van der Waals surface area contributed by atoms with Crippen LogP contribution in [0, 0.1) is 0 Å². The van der Waals surface area contributed by atoms with Crippen LogP contribution in [-0.2, 0) is 9.59 Å². The van der Waals surface area contributed by atoms with E-state index in [0.29, 0.717) is 12.2 Å². The molecule has 0 aromatic carbocycles. The Morgan fingerprint density at radius 3 is 2.80 bits per heavy atom. The van der Waals surface area contributed by atoms with Crippen molar-refractivity contribution in [2.75, 3.05) is 12.0 Å². The summed E-state index contributed by atoms with van der Waals surface area (Å²) < 4.78 is 0. The number of anilines is 1. The first kappa shape index (κ1) is 13.9. The van der Waals surface area contributed by atoms with E-state index in [1.54, 1.807) is 6.92 Å². The molecule has 0 radical (unpaired) electrons. The molecular formula is C11H14N6O3. The first-order chi connectivity index (χ1) is 9.56. The highest BCUT2D eigenvalue weighted by molar-refractivity contribution is 6.06. The van der Waals surface area contributed by atoms with Gasteiger partial charge in [0.05, 0.1) is 12.4 Å². The summed E-state index contributed by atoms with van der Waals surface area (Å²) in [7, 11) is 0. The molecule has 9 heteroatoms. The average molecular weight is 278 g/mol. The SMILES string of the molecule is CCC1C(=O)NC(=O)CN1C(=O)c1cnc(NN)cn1. The van der Waals surface area contributed by atoms with E-state index in [9.17, 15) is 14.4 Å². The number of nitrogen functional groups attached to an aromatic ring is 1. The molecule has 20 heavy (non-hydrogen) atoms. The Balaban J connectivity index is 2.24. The van der Waals surface area contributed by atoms with Crippen molar-refractivity contribution in [2.24, 2.45) is 5.84 Å². The molecule has 9 nitrogen and oxygen atoms in total. The standard InChI is InChI=1S/C11H14N6O3/c1-2-7-10(19)15-9(18)5-17(7)11(20)6-3-14-8(16-12)4-13-6/h3-4,7H,2,5,12H2,1H3,(H,14,16)(H,15,18,19). The van der Waals surface area contributed by atoms with E-state index in [1.165, 1.54) is 17.3 Å². The van der Waals surface area contributed by atoms with Gasteiger partial charge in [0.15, 0.2) is 5.82 Å². The van der Waals surface area contributed by atoms with Gasteiger partial charge in [0.1, 0.15) is 18.3 Å². The predicted octanol–water partition coefficient (Wildman–Crippen LogP) is -1.36. The maximum absolute atomic E-state index is 12.3. The van der Waals surface area contributed by atoms with Crippen molar-refractivity contribution in [1.82, 2.24) is 20.2 Å². The predicted molar refractivity (Wildman–Crippen MR) is 68.1 cm³/mol. The molecule has 1 fully saturated rings. The number of carbonyl (C=O) groups is 3. The second kappa shape index (κ2) is 5.61. The van der Waals surface area contributed by atoms with Gasteiger partial charge in [-0.05, 0) is 6.42 Å². The van der Waals surface area contributed by atoms with Crippen LogP contribution >= 0.6 is 0 Å². The zero-order valence-corrected chi connectivity index (χ0v) is 10.8. The van der Waals surface area contributed by atoms with Gasteiger partial charge in [-0.25, -0.2) is 15.8 Å². The summed E-state index contributed by atoms with van der Waals surface area (Å²) in [5, 5.41) is 2.20. The number of hydrogen-bond donors (Lipinski definition) is 3. The van der Waals surface area contributed by atoms with E-state index in [1.807, 2.05) is 0 Å². The van der Waals surface area contributed by atoms with E-state index in [0.717, 1.165) is 0 Å². The lowest BCUT2D eigenvalue weighted by atomic mass is 10.1. The van der Waals surface area contributed by atoms with Crippen LogP contribution in [0.15, 0.2) is 12.4 Å². The summed E-state index contributed by atoms with van der Waals surface area (Å²) in [6, 6.07) is -0.686. The van der Waals surface area contributed by atoms with Crippen molar-refractivity contribution in [2.45, 2.75) is 19.4 Å². The van der Waals surface area contributed by atoms with E-state index < -0.39 is 23.8 Å². The minimum absolute atomic E-state index is 0.0463. The lowest BCUT2D eigenvalue weighted by Gasteiger charge is -2.32. The molecule has 2 heterocycles. The molecular weight excluding hydrogens is 264 g/mol. The number of amides is 3. The quantitative estimate of drug-likeness (QED) is 0.353. The Morgan fingerprint density at radius 2 is 2.25 bits per heavy atom. The van der Waals surface area contributed by atoms with Crippen molar-refractivity contribution in [3.05, 3.63) is 18.1 Å². The molecule has 4 N–H and O–H groups in total. The van der Waals surface area contributed by atoms with Crippen molar-refractivity contribution in [3.8, 4) is 0 Å². The zero-order valence-electron chi connectivity index (χ0n) is 10.8. The lowest BCUT2D eigenvalue weighted by molar-refractivity contribution is -0.138. The van der Waals surface area contributed by atoms with Crippen LogP contribution in [0.25, 0.3) is 0 Å². The van der Waals surface area contributed by atoms with Crippen LogP contribution in [0.2, 0.25) is 0 Å². The molecule has 1 aliphatic heterocycles. The monoisotopic (exact) mass is 278 g/mol. The molecule has 1 unspecified atom stereocenters. The Morgan fingerprint density at radius 1 is 1.50 bits per heavy atom. The van der Waals surface area contributed by atoms with Gasteiger partial charge < -0.3 is 10.3 Å². The van der Waals surface area contributed by atoms with Gasteiger partial charge in [-0.3, -0.25) is 19.7 Å². The van der Waals surface area contributed by atoms with Gasteiger partial charge in [-0.1, -0.05) is 6.92 Å². The number of piperazine rings is 1. The number of nitrogens with zero attached hydrogens (tertiary/aromatic N) is 3. The average Bonchev–Trinajstić information content (AvgIpc) is 2.46. The maximum atomic E-state index is 12.3. The molecule has 1 aromatic rings. The number of hydrogen-bond acceptors (Lipinski definition) is 7. The Kier molecular flexibility index (Phi) is 3.89. The second-order valence-electron chi connectivity index (χ2n) is 4.20. The molecule has 3 amide bonds. The highest BCUT2D eigenvalue weighted by Gasteiger charge is 2.36. The van der Waals surface area contributed by atoms with E-state index in [2.05, 4.69) is 20.7 Å².